The molecule has 1 heterocycles. The van der Waals surface area contributed by atoms with Crippen LogP contribution in [0.2, 0.25) is 0 Å². The van der Waals surface area contributed by atoms with E-state index in [-0.39, 0.29) is 0 Å². The van der Waals surface area contributed by atoms with Crippen molar-refractivity contribution < 1.29 is 4.74 Å². The van der Waals surface area contributed by atoms with Crippen LogP contribution in [0.5, 0.6) is 0 Å². The molecule has 0 aromatic heterocycles. The summed E-state index contributed by atoms with van der Waals surface area (Å²) in [5.74, 6) is 0.905. The Morgan fingerprint density at radius 3 is 2.73 bits per heavy atom. The fourth-order valence-corrected chi connectivity index (χ4v) is 1.61. The molecule has 2 aliphatic rings. The van der Waals surface area contributed by atoms with Gasteiger partial charge in [-0.25, -0.2) is 0 Å². The van der Waals surface area contributed by atoms with Crippen molar-refractivity contribution in [3.63, 3.8) is 0 Å². The lowest BCUT2D eigenvalue weighted by Gasteiger charge is -2.15. The maximum Gasteiger partial charge on any atom is 0.0737 e. The predicted octanol–water partition coefficient (Wildman–Crippen LogP) is 1.16. The first-order valence-electron chi connectivity index (χ1n) is 4.71. The minimum absolute atomic E-state index is 0.496. The molecule has 2 nitrogen and oxygen atoms in total. The second-order valence-electron chi connectivity index (χ2n) is 3.85. The lowest BCUT2D eigenvalue weighted by Crippen LogP contribution is -2.29. The molecule has 1 aliphatic heterocycles. The van der Waals surface area contributed by atoms with Crippen molar-refractivity contribution in [2.24, 2.45) is 5.92 Å². The summed E-state index contributed by atoms with van der Waals surface area (Å²) in [6.45, 7) is 4.36. The van der Waals surface area contributed by atoms with Gasteiger partial charge in [-0.3, -0.25) is 0 Å². The van der Waals surface area contributed by atoms with Crippen molar-refractivity contribution in [3.05, 3.63) is 0 Å². The van der Waals surface area contributed by atoms with Crippen LogP contribution in [-0.2, 0) is 4.74 Å². The maximum absolute atomic E-state index is 5.78. The van der Waals surface area contributed by atoms with E-state index in [2.05, 4.69) is 12.2 Å². The summed E-state index contributed by atoms with van der Waals surface area (Å²) in [6, 6.07) is 0.578. The van der Waals surface area contributed by atoms with Crippen LogP contribution in [0.15, 0.2) is 0 Å². The van der Waals surface area contributed by atoms with E-state index in [4.69, 9.17) is 4.74 Å². The number of nitrogens with one attached hydrogen (secondary N) is 1. The highest BCUT2D eigenvalue weighted by molar-refractivity contribution is 4.82. The molecule has 0 spiro atoms. The Kier molecular flexibility index (Phi) is 2.14. The minimum Gasteiger partial charge on any atom is -0.376 e. The topological polar surface area (TPSA) is 21.3 Å². The molecule has 64 valence electrons. The average Bonchev–Trinajstić information content (AvgIpc) is 2.73. The molecule has 1 saturated carbocycles. The van der Waals surface area contributed by atoms with Crippen LogP contribution in [0.1, 0.15) is 26.2 Å². The van der Waals surface area contributed by atoms with E-state index in [1.165, 1.54) is 19.3 Å². The van der Waals surface area contributed by atoms with Crippen LogP contribution in [0.4, 0.5) is 0 Å². The number of rotatable bonds is 3. The fraction of sp³-hybridized carbons (Fsp3) is 1.00. The molecule has 0 radical (unpaired) electrons. The smallest absolute Gasteiger partial charge is 0.0737 e. The standard InChI is InChI=1S/C9H17NO/c1-7-9(4-5-10-7)11-6-8-2-3-8/h7-10H,2-6H2,1H3/t7-,9+/m1/s1. The molecule has 0 bridgehead atoms. The number of ether oxygens (including phenoxy) is 1. The summed E-state index contributed by atoms with van der Waals surface area (Å²) in [4.78, 5) is 0. The molecule has 1 N–H and O–H groups in total. The molecule has 11 heavy (non-hydrogen) atoms. The van der Waals surface area contributed by atoms with Crippen LogP contribution in [0.3, 0.4) is 0 Å². The molecule has 2 heteroatoms. The SMILES string of the molecule is C[C@H]1NCC[C@@H]1OCC1CC1. The van der Waals surface area contributed by atoms with Crippen LogP contribution < -0.4 is 5.32 Å². The second-order valence-corrected chi connectivity index (χ2v) is 3.85. The lowest BCUT2D eigenvalue weighted by molar-refractivity contribution is 0.0417. The van der Waals surface area contributed by atoms with Crippen LogP contribution in [0, 0.1) is 5.92 Å². The molecule has 0 aromatic carbocycles. The molecule has 0 aromatic rings. The Balaban J connectivity index is 1.67. The van der Waals surface area contributed by atoms with E-state index in [1.807, 2.05) is 0 Å². The third-order valence-electron chi connectivity index (χ3n) is 2.70. The third kappa shape index (κ3) is 1.94. The highest BCUT2D eigenvalue weighted by atomic mass is 16.5. The van der Waals surface area contributed by atoms with E-state index in [0.29, 0.717) is 12.1 Å². The summed E-state index contributed by atoms with van der Waals surface area (Å²) in [6.07, 6.45) is 4.49. The Morgan fingerprint density at radius 1 is 1.36 bits per heavy atom. The van der Waals surface area contributed by atoms with E-state index >= 15 is 0 Å². The Labute approximate surface area is 68.3 Å². The first-order chi connectivity index (χ1) is 5.36. The van der Waals surface area contributed by atoms with E-state index in [9.17, 15) is 0 Å². The highest BCUT2D eigenvalue weighted by Crippen LogP contribution is 2.29. The van der Waals surface area contributed by atoms with Gasteiger partial charge in [0, 0.05) is 12.6 Å². The van der Waals surface area contributed by atoms with Gasteiger partial charge in [-0.1, -0.05) is 0 Å². The van der Waals surface area contributed by atoms with Crippen LogP contribution in [-0.4, -0.2) is 25.3 Å². The molecule has 1 saturated heterocycles. The van der Waals surface area contributed by atoms with Crippen molar-refractivity contribution in [1.82, 2.24) is 5.32 Å². The molecular formula is C9H17NO. The largest absolute Gasteiger partial charge is 0.376 e. The maximum atomic E-state index is 5.78. The zero-order valence-corrected chi connectivity index (χ0v) is 7.18. The summed E-state index contributed by atoms with van der Waals surface area (Å²) in [5.41, 5.74) is 0. The fourth-order valence-electron chi connectivity index (χ4n) is 1.61. The molecular weight excluding hydrogens is 138 g/mol. The van der Waals surface area contributed by atoms with Gasteiger partial charge < -0.3 is 10.1 Å². The monoisotopic (exact) mass is 155 g/mol. The molecule has 1 aliphatic carbocycles. The summed E-state index contributed by atoms with van der Waals surface area (Å²) >= 11 is 0. The van der Waals surface area contributed by atoms with E-state index in [1.54, 1.807) is 0 Å². The minimum atomic E-state index is 0.496. The van der Waals surface area contributed by atoms with Crippen molar-refractivity contribution >= 4 is 0 Å². The van der Waals surface area contributed by atoms with Gasteiger partial charge in [0.15, 0.2) is 0 Å². The second kappa shape index (κ2) is 3.11. The normalized spacial score (nSPS) is 37.9. The Hall–Kier alpha value is -0.0800. The van der Waals surface area contributed by atoms with E-state index in [0.717, 1.165) is 19.1 Å². The average molecular weight is 155 g/mol. The molecule has 2 rings (SSSR count). The lowest BCUT2D eigenvalue weighted by atomic mass is 10.2. The van der Waals surface area contributed by atoms with Crippen LogP contribution >= 0.6 is 0 Å². The first-order valence-corrected chi connectivity index (χ1v) is 4.71. The zero-order chi connectivity index (χ0) is 7.68. The quantitative estimate of drug-likeness (QED) is 0.660. The Bertz CT molecular complexity index is 134. The van der Waals surface area contributed by atoms with Gasteiger partial charge >= 0.3 is 0 Å². The van der Waals surface area contributed by atoms with Gasteiger partial charge in [-0.05, 0) is 38.6 Å². The van der Waals surface area contributed by atoms with Gasteiger partial charge in [0.1, 0.15) is 0 Å². The van der Waals surface area contributed by atoms with Crippen molar-refractivity contribution in [2.75, 3.05) is 13.2 Å². The van der Waals surface area contributed by atoms with Gasteiger partial charge in [0.2, 0.25) is 0 Å². The third-order valence-corrected chi connectivity index (χ3v) is 2.70. The van der Waals surface area contributed by atoms with Crippen LogP contribution in [0.25, 0.3) is 0 Å². The highest BCUT2D eigenvalue weighted by Gasteiger charge is 2.27. The van der Waals surface area contributed by atoms with Gasteiger partial charge in [-0.2, -0.15) is 0 Å². The van der Waals surface area contributed by atoms with Gasteiger partial charge in [0.25, 0.3) is 0 Å². The number of hydrogen-bond donors (Lipinski definition) is 1. The molecule has 0 amide bonds. The van der Waals surface area contributed by atoms with Gasteiger partial charge in [0.05, 0.1) is 6.10 Å². The van der Waals surface area contributed by atoms with Crippen molar-refractivity contribution in [1.29, 1.82) is 0 Å². The molecule has 0 unspecified atom stereocenters. The number of hydrogen-bond acceptors (Lipinski definition) is 2. The summed E-state index contributed by atoms with van der Waals surface area (Å²) in [7, 11) is 0. The Morgan fingerprint density at radius 2 is 2.18 bits per heavy atom. The molecule has 2 atom stereocenters. The van der Waals surface area contributed by atoms with Gasteiger partial charge in [-0.15, -0.1) is 0 Å². The zero-order valence-electron chi connectivity index (χ0n) is 7.18. The summed E-state index contributed by atoms with van der Waals surface area (Å²) < 4.78 is 5.78. The van der Waals surface area contributed by atoms with Crippen molar-refractivity contribution in [2.45, 2.75) is 38.3 Å². The molecule has 2 fully saturated rings. The summed E-state index contributed by atoms with van der Waals surface area (Å²) in [5, 5.41) is 3.39. The van der Waals surface area contributed by atoms with Crippen molar-refractivity contribution in [3.8, 4) is 0 Å². The van der Waals surface area contributed by atoms with E-state index < -0.39 is 0 Å². The first kappa shape index (κ1) is 7.56. The predicted molar refractivity (Wildman–Crippen MR) is 44.5 cm³/mol.